The number of ether oxygens (including phenoxy) is 1. The highest BCUT2D eigenvalue weighted by molar-refractivity contribution is 5.97. The number of hydrogen-bond acceptors (Lipinski definition) is 4. The molecule has 0 heterocycles. The number of nitrogens with one attached hydrogen (secondary N) is 1. The Hall–Kier alpha value is -2.04. The third-order valence-electron chi connectivity index (χ3n) is 2.55. The number of Topliss-reactive ketones (excluding diaryl/α,β-unsaturated/α-hetero) is 1. The highest BCUT2D eigenvalue weighted by Gasteiger charge is 2.22. The van der Waals surface area contributed by atoms with Gasteiger partial charge in [0.2, 0.25) is 0 Å². The maximum absolute atomic E-state index is 12.0. The molecular weight excluding hydrogens is 256 g/mol. The molecule has 0 aliphatic carbocycles. The lowest BCUT2D eigenvalue weighted by molar-refractivity contribution is -0.128. The smallest absolute Gasteiger partial charge is 0.261 e. The van der Waals surface area contributed by atoms with Gasteiger partial charge in [-0.05, 0) is 52.8 Å². The Kier molecular flexibility index (Phi) is 4.76. The quantitative estimate of drug-likeness (QED) is 0.653. The predicted molar refractivity (Wildman–Crippen MR) is 78.8 cm³/mol. The second-order valence-electron chi connectivity index (χ2n) is 5.81. The van der Waals surface area contributed by atoms with Gasteiger partial charge in [-0.2, -0.15) is 0 Å². The van der Waals surface area contributed by atoms with Crippen molar-refractivity contribution in [3.63, 3.8) is 0 Å². The summed E-state index contributed by atoms with van der Waals surface area (Å²) in [5.74, 6) is -0.0252. The number of nitrogens with two attached hydrogens (primary N) is 1. The SMILES string of the molecule is CC(=O)c1cc(N)ccc1OC(C)C(=O)NC(C)(C)C. The van der Waals surface area contributed by atoms with Crippen LogP contribution in [0.15, 0.2) is 18.2 Å². The summed E-state index contributed by atoms with van der Waals surface area (Å²) < 4.78 is 5.58. The number of amides is 1. The van der Waals surface area contributed by atoms with Crippen LogP contribution in [-0.2, 0) is 4.79 Å². The molecule has 0 fully saturated rings. The number of carbonyl (C=O) groups is 2. The Morgan fingerprint density at radius 3 is 2.40 bits per heavy atom. The largest absolute Gasteiger partial charge is 0.480 e. The summed E-state index contributed by atoms with van der Waals surface area (Å²) in [6.07, 6.45) is -0.698. The molecule has 1 atom stereocenters. The van der Waals surface area contributed by atoms with Crippen molar-refractivity contribution in [1.82, 2.24) is 5.32 Å². The molecule has 5 heteroatoms. The minimum atomic E-state index is -0.698. The molecule has 0 radical (unpaired) electrons. The van der Waals surface area contributed by atoms with Crippen LogP contribution < -0.4 is 15.8 Å². The van der Waals surface area contributed by atoms with Crippen molar-refractivity contribution in [3.05, 3.63) is 23.8 Å². The second-order valence-corrected chi connectivity index (χ2v) is 5.81. The standard InChI is InChI=1S/C15H22N2O3/c1-9(18)12-8-11(16)6-7-13(12)20-10(2)14(19)17-15(3,4)5/h6-8,10H,16H2,1-5H3,(H,17,19). The average molecular weight is 278 g/mol. The molecule has 0 spiro atoms. The molecule has 0 aliphatic rings. The Bertz CT molecular complexity index is 518. The average Bonchev–Trinajstić information content (AvgIpc) is 2.28. The van der Waals surface area contributed by atoms with Crippen molar-refractivity contribution >= 4 is 17.4 Å². The number of ketones is 1. The highest BCUT2D eigenvalue weighted by Crippen LogP contribution is 2.23. The van der Waals surface area contributed by atoms with Crippen LogP contribution >= 0.6 is 0 Å². The van der Waals surface area contributed by atoms with Gasteiger partial charge in [-0.3, -0.25) is 9.59 Å². The Balaban J connectivity index is 2.88. The first-order valence-corrected chi connectivity index (χ1v) is 6.49. The monoisotopic (exact) mass is 278 g/mol. The van der Waals surface area contributed by atoms with E-state index in [-0.39, 0.29) is 17.2 Å². The summed E-state index contributed by atoms with van der Waals surface area (Å²) in [5.41, 5.74) is 6.17. The molecule has 0 aliphatic heterocycles. The molecular formula is C15H22N2O3. The summed E-state index contributed by atoms with van der Waals surface area (Å²) in [6.45, 7) is 8.74. The molecule has 20 heavy (non-hydrogen) atoms. The molecule has 1 aromatic carbocycles. The van der Waals surface area contributed by atoms with Gasteiger partial charge in [-0.25, -0.2) is 0 Å². The van der Waals surface area contributed by atoms with E-state index < -0.39 is 6.10 Å². The minimum Gasteiger partial charge on any atom is -0.480 e. The Morgan fingerprint density at radius 2 is 1.90 bits per heavy atom. The molecule has 1 amide bonds. The van der Waals surface area contributed by atoms with Crippen molar-refractivity contribution in [2.24, 2.45) is 0 Å². The molecule has 0 aromatic heterocycles. The first-order chi connectivity index (χ1) is 9.10. The third-order valence-corrected chi connectivity index (χ3v) is 2.55. The first-order valence-electron chi connectivity index (χ1n) is 6.49. The van der Waals surface area contributed by atoms with E-state index in [1.54, 1.807) is 25.1 Å². The van der Waals surface area contributed by atoms with Crippen LogP contribution in [0.4, 0.5) is 5.69 Å². The van der Waals surface area contributed by atoms with Gasteiger partial charge in [0, 0.05) is 11.2 Å². The van der Waals surface area contributed by atoms with E-state index in [4.69, 9.17) is 10.5 Å². The summed E-state index contributed by atoms with van der Waals surface area (Å²) in [4.78, 5) is 23.5. The molecule has 1 rings (SSSR count). The van der Waals surface area contributed by atoms with Crippen LogP contribution in [0.2, 0.25) is 0 Å². The molecule has 1 unspecified atom stereocenters. The summed E-state index contributed by atoms with van der Waals surface area (Å²) in [6, 6.07) is 4.79. The Labute approximate surface area is 119 Å². The fourth-order valence-electron chi connectivity index (χ4n) is 1.64. The van der Waals surface area contributed by atoms with E-state index in [9.17, 15) is 9.59 Å². The normalized spacial score (nSPS) is 12.7. The zero-order valence-electron chi connectivity index (χ0n) is 12.6. The number of anilines is 1. The maximum Gasteiger partial charge on any atom is 0.261 e. The van der Waals surface area contributed by atoms with Gasteiger partial charge in [-0.15, -0.1) is 0 Å². The maximum atomic E-state index is 12.0. The van der Waals surface area contributed by atoms with Crippen LogP contribution in [0.25, 0.3) is 0 Å². The van der Waals surface area contributed by atoms with Gasteiger partial charge < -0.3 is 15.8 Å². The number of carbonyl (C=O) groups excluding carboxylic acids is 2. The zero-order valence-corrected chi connectivity index (χ0v) is 12.6. The van der Waals surface area contributed by atoms with Gasteiger partial charge in [0.05, 0.1) is 5.56 Å². The van der Waals surface area contributed by atoms with Crippen LogP contribution in [0, 0.1) is 0 Å². The molecule has 5 nitrogen and oxygen atoms in total. The highest BCUT2D eigenvalue weighted by atomic mass is 16.5. The third kappa shape index (κ3) is 4.57. The second kappa shape index (κ2) is 5.94. The van der Waals surface area contributed by atoms with Crippen molar-refractivity contribution in [2.45, 2.75) is 46.3 Å². The lowest BCUT2D eigenvalue weighted by Gasteiger charge is -2.24. The molecule has 3 N–H and O–H groups in total. The number of benzene rings is 1. The minimum absolute atomic E-state index is 0.157. The molecule has 110 valence electrons. The van der Waals surface area contributed by atoms with E-state index in [0.29, 0.717) is 17.0 Å². The summed E-state index contributed by atoms with van der Waals surface area (Å²) >= 11 is 0. The van der Waals surface area contributed by atoms with Crippen molar-refractivity contribution in [2.75, 3.05) is 5.73 Å². The zero-order chi connectivity index (χ0) is 15.5. The van der Waals surface area contributed by atoms with Crippen LogP contribution in [0.1, 0.15) is 45.0 Å². The number of hydrogen-bond donors (Lipinski definition) is 2. The van der Waals surface area contributed by atoms with Gasteiger partial charge in [0.15, 0.2) is 11.9 Å². The van der Waals surface area contributed by atoms with Crippen LogP contribution in [0.3, 0.4) is 0 Å². The number of rotatable bonds is 4. The first kappa shape index (κ1) is 16.0. The Morgan fingerprint density at radius 1 is 1.30 bits per heavy atom. The lowest BCUT2D eigenvalue weighted by Crippen LogP contribution is -2.46. The molecule has 0 saturated heterocycles. The van der Waals surface area contributed by atoms with Crippen molar-refractivity contribution in [3.8, 4) is 5.75 Å². The topological polar surface area (TPSA) is 81.4 Å². The molecule has 1 aromatic rings. The predicted octanol–water partition coefficient (Wildman–Crippen LogP) is 2.15. The fourth-order valence-corrected chi connectivity index (χ4v) is 1.64. The van der Waals surface area contributed by atoms with Crippen LogP contribution in [-0.4, -0.2) is 23.3 Å². The van der Waals surface area contributed by atoms with Gasteiger partial charge in [0.1, 0.15) is 5.75 Å². The van der Waals surface area contributed by atoms with E-state index in [1.165, 1.54) is 6.92 Å². The summed E-state index contributed by atoms with van der Waals surface area (Å²) in [7, 11) is 0. The van der Waals surface area contributed by atoms with E-state index in [0.717, 1.165) is 0 Å². The van der Waals surface area contributed by atoms with E-state index in [1.807, 2.05) is 20.8 Å². The van der Waals surface area contributed by atoms with Gasteiger partial charge in [0.25, 0.3) is 5.91 Å². The van der Waals surface area contributed by atoms with Crippen molar-refractivity contribution < 1.29 is 14.3 Å². The van der Waals surface area contributed by atoms with Gasteiger partial charge in [-0.1, -0.05) is 0 Å². The number of nitrogen functional groups attached to an aromatic ring is 1. The van der Waals surface area contributed by atoms with Gasteiger partial charge >= 0.3 is 0 Å². The fraction of sp³-hybridized carbons (Fsp3) is 0.467. The molecule has 0 saturated carbocycles. The van der Waals surface area contributed by atoms with E-state index >= 15 is 0 Å². The van der Waals surface area contributed by atoms with Crippen LogP contribution in [0.5, 0.6) is 5.75 Å². The molecule has 0 bridgehead atoms. The summed E-state index contributed by atoms with van der Waals surface area (Å²) in [5, 5.41) is 2.83. The van der Waals surface area contributed by atoms with E-state index in [2.05, 4.69) is 5.32 Å². The van der Waals surface area contributed by atoms with Crippen molar-refractivity contribution in [1.29, 1.82) is 0 Å². The lowest BCUT2D eigenvalue weighted by atomic mass is 10.1.